The maximum Gasteiger partial charge on any atom is 0.230 e. The molecule has 0 aliphatic carbocycles. The highest BCUT2D eigenvalue weighted by molar-refractivity contribution is 5.64. The Balaban J connectivity index is 1.46. The molecule has 3 heterocycles. The van der Waals surface area contributed by atoms with Gasteiger partial charge < -0.3 is 9.32 Å². The summed E-state index contributed by atoms with van der Waals surface area (Å²) in [6, 6.07) is 5.79. The molecule has 0 saturated carbocycles. The molecule has 134 valence electrons. The minimum atomic E-state index is -0.503. The van der Waals surface area contributed by atoms with Gasteiger partial charge in [0.15, 0.2) is 11.6 Å². The molecular weight excluding hydrogens is 342 g/mol. The second-order valence-electron chi connectivity index (χ2n) is 6.17. The van der Waals surface area contributed by atoms with Crippen LogP contribution in [0.15, 0.2) is 41.4 Å². The van der Waals surface area contributed by atoms with Crippen molar-refractivity contribution in [1.29, 1.82) is 0 Å². The molecule has 3 aromatic rings. The standard InChI is InChI=1S/C17H16F2N6O/c1-24(8-14-23-22-10-26-14)13-6-25(7-13)17-15(19)16(20-9-21-17)11-2-4-12(18)5-3-11/h2-5,9-10,13H,6-8H2,1H3. The van der Waals surface area contributed by atoms with E-state index in [0.29, 0.717) is 31.1 Å². The fourth-order valence-corrected chi connectivity index (χ4v) is 2.90. The smallest absolute Gasteiger partial charge is 0.230 e. The van der Waals surface area contributed by atoms with Gasteiger partial charge in [-0.3, -0.25) is 4.90 Å². The van der Waals surface area contributed by atoms with Gasteiger partial charge in [-0.2, -0.15) is 0 Å². The van der Waals surface area contributed by atoms with Crippen LogP contribution in [-0.2, 0) is 6.54 Å². The van der Waals surface area contributed by atoms with Crippen LogP contribution in [0.4, 0.5) is 14.6 Å². The van der Waals surface area contributed by atoms with E-state index in [9.17, 15) is 8.78 Å². The summed E-state index contributed by atoms with van der Waals surface area (Å²) >= 11 is 0. The average molecular weight is 358 g/mol. The molecule has 0 spiro atoms. The fraction of sp³-hybridized carbons (Fsp3) is 0.294. The molecule has 0 bridgehead atoms. The SMILES string of the molecule is CN(Cc1nnco1)C1CN(c2ncnc(-c3ccc(F)cc3)c2F)C1. The van der Waals surface area contributed by atoms with Crippen molar-refractivity contribution in [1.82, 2.24) is 25.1 Å². The van der Waals surface area contributed by atoms with Crippen molar-refractivity contribution in [2.24, 2.45) is 0 Å². The molecule has 1 aliphatic rings. The van der Waals surface area contributed by atoms with Gasteiger partial charge in [0.2, 0.25) is 12.3 Å². The van der Waals surface area contributed by atoms with Crippen molar-refractivity contribution in [3.05, 3.63) is 54.5 Å². The minimum absolute atomic E-state index is 0.165. The monoisotopic (exact) mass is 358 g/mol. The fourth-order valence-electron chi connectivity index (χ4n) is 2.90. The molecule has 0 radical (unpaired) electrons. The van der Waals surface area contributed by atoms with E-state index in [4.69, 9.17) is 4.42 Å². The largest absolute Gasteiger partial charge is 0.427 e. The Morgan fingerprint density at radius 2 is 1.96 bits per heavy atom. The molecule has 1 fully saturated rings. The second-order valence-corrected chi connectivity index (χ2v) is 6.17. The lowest BCUT2D eigenvalue weighted by Crippen LogP contribution is -2.58. The van der Waals surface area contributed by atoms with Crippen LogP contribution in [0.25, 0.3) is 11.3 Å². The topological polar surface area (TPSA) is 71.2 Å². The highest BCUT2D eigenvalue weighted by atomic mass is 19.1. The summed E-state index contributed by atoms with van der Waals surface area (Å²) in [6.45, 7) is 1.79. The predicted octanol–water partition coefficient (Wildman–Crippen LogP) is 2.13. The van der Waals surface area contributed by atoms with Crippen LogP contribution in [-0.4, -0.2) is 51.2 Å². The first-order valence-electron chi connectivity index (χ1n) is 8.08. The number of likely N-dealkylation sites (N-methyl/N-ethyl adjacent to an activating group) is 1. The number of rotatable bonds is 5. The first kappa shape index (κ1) is 16.5. The normalized spacial score (nSPS) is 14.7. The number of aromatic nitrogens is 4. The summed E-state index contributed by atoms with van der Waals surface area (Å²) in [5.41, 5.74) is 0.677. The van der Waals surface area contributed by atoms with Crippen LogP contribution in [0.1, 0.15) is 5.89 Å². The van der Waals surface area contributed by atoms with Gasteiger partial charge in [0, 0.05) is 24.7 Å². The van der Waals surface area contributed by atoms with E-state index in [-0.39, 0.29) is 23.4 Å². The quantitative estimate of drug-likeness (QED) is 0.692. The number of halogens is 2. The van der Waals surface area contributed by atoms with Crippen molar-refractivity contribution < 1.29 is 13.2 Å². The molecule has 0 amide bonds. The first-order chi connectivity index (χ1) is 12.6. The van der Waals surface area contributed by atoms with E-state index in [0.717, 1.165) is 0 Å². The van der Waals surface area contributed by atoms with Crippen LogP contribution in [0.3, 0.4) is 0 Å². The van der Waals surface area contributed by atoms with E-state index in [1.807, 2.05) is 11.9 Å². The highest BCUT2D eigenvalue weighted by Gasteiger charge is 2.33. The lowest BCUT2D eigenvalue weighted by molar-refractivity contribution is 0.180. The van der Waals surface area contributed by atoms with Crippen molar-refractivity contribution in [2.75, 3.05) is 25.0 Å². The average Bonchev–Trinajstić information content (AvgIpc) is 3.09. The van der Waals surface area contributed by atoms with Crippen LogP contribution in [0.2, 0.25) is 0 Å². The van der Waals surface area contributed by atoms with Gasteiger partial charge in [-0.25, -0.2) is 18.7 Å². The number of hydrogen-bond donors (Lipinski definition) is 0. The third kappa shape index (κ3) is 3.13. The van der Waals surface area contributed by atoms with Crippen LogP contribution in [0.5, 0.6) is 0 Å². The Kier molecular flexibility index (Phi) is 4.29. The van der Waals surface area contributed by atoms with Crippen LogP contribution in [0, 0.1) is 11.6 Å². The summed E-state index contributed by atoms with van der Waals surface area (Å²) in [5, 5.41) is 7.51. The molecule has 4 rings (SSSR count). The van der Waals surface area contributed by atoms with Gasteiger partial charge in [-0.15, -0.1) is 10.2 Å². The summed E-state index contributed by atoms with van der Waals surface area (Å²) in [7, 11) is 1.95. The zero-order valence-electron chi connectivity index (χ0n) is 14.0. The van der Waals surface area contributed by atoms with Crippen molar-refractivity contribution in [3.63, 3.8) is 0 Å². The highest BCUT2D eigenvalue weighted by Crippen LogP contribution is 2.29. The number of anilines is 1. The van der Waals surface area contributed by atoms with Crippen molar-refractivity contribution in [3.8, 4) is 11.3 Å². The van der Waals surface area contributed by atoms with E-state index in [2.05, 4.69) is 25.1 Å². The molecule has 9 heteroatoms. The molecule has 0 unspecified atom stereocenters. The summed E-state index contributed by atoms with van der Waals surface area (Å²) in [5.74, 6) is -0.0880. The maximum absolute atomic E-state index is 14.9. The molecule has 0 N–H and O–H groups in total. The molecule has 0 atom stereocenters. The van der Waals surface area contributed by atoms with Gasteiger partial charge >= 0.3 is 0 Å². The number of hydrogen-bond acceptors (Lipinski definition) is 7. The molecule has 1 aromatic carbocycles. The zero-order chi connectivity index (χ0) is 18.1. The van der Waals surface area contributed by atoms with Crippen LogP contribution >= 0.6 is 0 Å². The van der Waals surface area contributed by atoms with E-state index >= 15 is 0 Å². The lowest BCUT2D eigenvalue weighted by Gasteiger charge is -2.44. The van der Waals surface area contributed by atoms with Crippen molar-refractivity contribution in [2.45, 2.75) is 12.6 Å². The third-order valence-electron chi connectivity index (χ3n) is 4.46. The van der Waals surface area contributed by atoms with E-state index in [1.165, 1.54) is 37.0 Å². The zero-order valence-corrected chi connectivity index (χ0v) is 14.0. The van der Waals surface area contributed by atoms with E-state index in [1.54, 1.807) is 0 Å². The molecular formula is C17H16F2N6O. The van der Waals surface area contributed by atoms with Gasteiger partial charge in [0.25, 0.3) is 0 Å². The van der Waals surface area contributed by atoms with Gasteiger partial charge in [-0.05, 0) is 31.3 Å². The summed E-state index contributed by atoms with van der Waals surface area (Å²) in [6.07, 6.45) is 2.62. The van der Waals surface area contributed by atoms with Gasteiger partial charge in [0.05, 0.1) is 6.54 Å². The maximum atomic E-state index is 14.9. The Morgan fingerprint density at radius 1 is 1.19 bits per heavy atom. The second kappa shape index (κ2) is 6.75. The number of nitrogens with zero attached hydrogens (tertiary/aromatic N) is 6. The Bertz CT molecular complexity index is 881. The van der Waals surface area contributed by atoms with Crippen molar-refractivity contribution >= 4 is 5.82 Å². The minimum Gasteiger partial charge on any atom is -0.427 e. The Hall–Kier alpha value is -2.94. The number of benzene rings is 1. The first-order valence-corrected chi connectivity index (χ1v) is 8.08. The van der Waals surface area contributed by atoms with Gasteiger partial charge in [-0.1, -0.05) is 0 Å². The van der Waals surface area contributed by atoms with Gasteiger partial charge in [0.1, 0.15) is 17.8 Å². The third-order valence-corrected chi connectivity index (χ3v) is 4.46. The Morgan fingerprint density at radius 3 is 2.65 bits per heavy atom. The molecule has 1 aliphatic heterocycles. The summed E-state index contributed by atoms with van der Waals surface area (Å²) < 4.78 is 33.1. The van der Waals surface area contributed by atoms with Crippen LogP contribution < -0.4 is 4.90 Å². The molecule has 7 nitrogen and oxygen atoms in total. The Labute approximate surface area is 148 Å². The summed E-state index contributed by atoms with van der Waals surface area (Å²) in [4.78, 5) is 12.0. The molecule has 2 aromatic heterocycles. The molecule has 1 saturated heterocycles. The molecule has 26 heavy (non-hydrogen) atoms. The van der Waals surface area contributed by atoms with E-state index < -0.39 is 5.82 Å². The predicted molar refractivity (Wildman–Crippen MR) is 89.2 cm³/mol. The lowest BCUT2D eigenvalue weighted by atomic mass is 10.1.